The zero-order chi connectivity index (χ0) is 29.6. The maximum Gasteiger partial charge on any atom is 0.435 e. The number of aromatic nitrogens is 2. The SMILES string of the molecule is Cc1c(C(F)(F)F)nnc(Oc2ccc(C3(C(F)(F)F)CCC3)c(F)c2F)c1C(=O)Nc1cccc(S(=O)O)c1. The first kappa shape index (κ1) is 29.3. The van der Waals surface area contributed by atoms with Crippen LogP contribution in [0.1, 0.15) is 46.4 Å². The first-order valence-corrected chi connectivity index (χ1v) is 12.4. The van der Waals surface area contributed by atoms with Crippen LogP contribution in [0.15, 0.2) is 41.3 Å². The summed E-state index contributed by atoms with van der Waals surface area (Å²) < 4.78 is 137. The van der Waals surface area contributed by atoms with Crippen molar-refractivity contribution in [2.24, 2.45) is 0 Å². The third-order valence-electron chi connectivity index (χ3n) is 6.49. The second-order valence-electron chi connectivity index (χ2n) is 8.86. The molecule has 0 spiro atoms. The third-order valence-corrected chi connectivity index (χ3v) is 7.15. The van der Waals surface area contributed by atoms with E-state index in [1.54, 1.807) is 0 Å². The van der Waals surface area contributed by atoms with Crippen molar-refractivity contribution in [3.63, 3.8) is 0 Å². The van der Waals surface area contributed by atoms with Crippen molar-refractivity contribution in [1.82, 2.24) is 10.2 Å². The molecule has 7 nitrogen and oxygen atoms in total. The molecule has 1 unspecified atom stereocenters. The monoisotopic (exact) mass is 595 g/mol. The Labute approximate surface area is 222 Å². The lowest BCUT2D eigenvalue weighted by atomic mass is 9.63. The second kappa shape index (κ2) is 10.4. The summed E-state index contributed by atoms with van der Waals surface area (Å²) in [7, 11) is 0. The largest absolute Gasteiger partial charge is 0.435 e. The first-order chi connectivity index (χ1) is 18.6. The van der Waals surface area contributed by atoms with E-state index in [9.17, 15) is 48.7 Å². The molecule has 0 bridgehead atoms. The molecule has 214 valence electrons. The molecule has 1 aliphatic carbocycles. The van der Waals surface area contributed by atoms with Crippen molar-refractivity contribution >= 4 is 22.7 Å². The number of benzene rings is 2. The highest BCUT2D eigenvalue weighted by Crippen LogP contribution is 2.55. The van der Waals surface area contributed by atoms with Gasteiger partial charge >= 0.3 is 12.4 Å². The summed E-state index contributed by atoms with van der Waals surface area (Å²) in [6.45, 7) is 0.836. The second-order valence-corrected chi connectivity index (χ2v) is 9.83. The normalized spacial score (nSPS) is 15.8. The molecule has 1 heterocycles. The van der Waals surface area contributed by atoms with E-state index in [-0.39, 0.29) is 17.0 Å². The van der Waals surface area contributed by atoms with Crippen LogP contribution in [0.3, 0.4) is 0 Å². The standard InChI is InChI=1S/C24H17F8N3O4S/c1-11-16(20(36)33-12-4-2-5-13(10-12)40(37)38)21(35-34-19(11)23(27,28)29)39-15-7-6-14(17(25)18(15)26)22(8-3-9-22)24(30,31)32/h2,4-7,10H,3,8-9H2,1H3,(H,33,36)(H,37,38). The van der Waals surface area contributed by atoms with Crippen LogP contribution in [0.4, 0.5) is 40.8 Å². The van der Waals surface area contributed by atoms with Gasteiger partial charge in [0.2, 0.25) is 5.82 Å². The van der Waals surface area contributed by atoms with Gasteiger partial charge in [0.15, 0.2) is 28.3 Å². The molecule has 2 aromatic carbocycles. The van der Waals surface area contributed by atoms with Crippen LogP contribution in [0.5, 0.6) is 11.6 Å². The van der Waals surface area contributed by atoms with Crippen molar-refractivity contribution in [3.8, 4) is 11.6 Å². The van der Waals surface area contributed by atoms with E-state index in [2.05, 4.69) is 15.5 Å². The van der Waals surface area contributed by atoms with Crippen LogP contribution in [0, 0.1) is 18.6 Å². The number of halogens is 8. The molecular formula is C24H17F8N3O4S. The van der Waals surface area contributed by atoms with Gasteiger partial charge in [0, 0.05) is 11.3 Å². The Morgan fingerprint density at radius 3 is 2.27 bits per heavy atom. The van der Waals surface area contributed by atoms with Crippen LogP contribution in [0.25, 0.3) is 0 Å². The summed E-state index contributed by atoms with van der Waals surface area (Å²) in [6, 6.07) is 6.10. The van der Waals surface area contributed by atoms with Crippen LogP contribution < -0.4 is 10.1 Å². The smallest absolute Gasteiger partial charge is 0.434 e. The molecule has 40 heavy (non-hydrogen) atoms. The van der Waals surface area contributed by atoms with Crippen LogP contribution in [0.2, 0.25) is 0 Å². The minimum absolute atomic E-state index is 0.125. The van der Waals surface area contributed by atoms with Gasteiger partial charge in [0.05, 0.1) is 10.3 Å². The maximum atomic E-state index is 14.9. The van der Waals surface area contributed by atoms with Crippen molar-refractivity contribution in [2.45, 2.75) is 48.8 Å². The molecule has 1 fully saturated rings. The summed E-state index contributed by atoms with van der Waals surface area (Å²) in [4.78, 5) is 12.9. The molecule has 1 atom stereocenters. The average Bonchev–Trinajstić information content (AvgIpc) is 2.81. The van der Waals surface area contributed by atoms with E-state index in [0.717, 1.165) is 13.0 Å². The number of nitrogens with one attached hydrogen (secondary N) is 1. The van der Waals surface area contributed by atoms with E-state index in [1.165, 1.54) is 18.2 Å². The number of hydrogen-bond donors (Lipinski definition) is 2. The van der Waals surface area contributed by atoms with Gasteiger partial charge < -0.3 is 14.6 Å². The van der Waals surface area contributed by atoms with Gasteiger partial charge in [-0.15, -0.1) is 10.2 Å². The fraction of sp³-hybridized carbons (Fsp3) is 0.292. The topological polar surface area (TPSA) is 101 Å². The van der Waals surface area contributed by atoms with E-state index in [1.807, 2.05) is 0 Å². The maximum absolute atomic E-state index is 14.9. The Bertz CT molecular complexity index is 1510. The number of carbonyl (C=O) groups is 1. The summed E-state index contributed by atoms with van der Waals surface area (Å²) in [5.74, 6) is -7.11. The van der Waals surface area contributed by atoms with Crippen molar-refractivity contribution in [3.05, 3.63) is 70.4 Å². The number of anilines is 1. The molecule has 16 heteroatoms. The lowest BCUT2D eigenvalue weighted by molar-refractivity contribution is -0.213. The summed E-state index contributed by atoms with van der Waals surface area (Å²) in [6.07, 6.45) is -10.8. The van der Waals surface area contributed by atoms with E-state index < -0.39 is 93.2 Å². The Morgan fingerprint density at radius 2 is 1.73 bits per heavy atom. The van der Waals surface area contributed by atoms with E-state index >= 15 is 0 Å². The molecule has 3 aromatic rings. The van der Waals surface area contributed by atoms with Crippen LogP contribution >= 0.6 is 0 Å². The molecule has 1 amide bonds. The van der Waals surface area contributed by atoms with Crippen molar-refractivity contribution in [2.75, 3.05) is 5.32 Å². The van der Waals surface area contributed by atoms with Gasteiger partial charge in [0.1, 0.15) is 5.56 Å². The zero-order valence-electron chi connectivity index (χ0n) is 20.1. The van der Waals surface area contributed by atoms with Gasteiger partial charge in [0.25, 0.3) is 11.8 Å². The Kier molecular flexibility index (Phi) is 7.62. The Morgan fingerprint density at radius 1 is 1.05 bits per heavy atom. The van der Waals surface area contributed by atoms with Crippen LogP contribution in [-0.4, -0.2) is 31.0 Å². The number of amides is 1. The molecular weight excluding hydrogens is 578 g/mol. The van der Waals surface area contributed by atoms with Gasteiger partial charge in [-0.3, -0.25) is 4.79 Å². The van der Waals surface area contributed by atoms with E-state index in [4.69, 9.17) is 4.74 Å². The lowest BCUT2D eigenvalue weighted by Gasteiger charge is -2.43. The Balaban J connectivity index is 1.76. The highest BCUT2D eigenvalue weighted by molar-refractivity contribution is 7.79. The van der Waals surface area contributed by atoms with Gasteiger partial charge in [-0.25, -0.2) is 8.60 Å². The average molecular weight is 595 g/mol. The highest BCUT2D eigenvalue weighted by atomic mass is 32.2. The predicted molar refractivity (Wildman–Crippen MR) is 123 cm³/mol. The summed E-state index contributed by atoms with van der Waals surface area (Å²) in [5.41, 5.74) is -7.01. The summed E-state index contributed by atoms with van der Waals surface area (Å²) >= 11 is -2.46. The highest BCUT2D eigenvalue weighted by Gasteiger charge is 2.60. The quantitative estimate of drug-likeness (QED) is 0.243. The number of hydrogen-bond acceptors (Lipinski definition) is 5. The molecule has 1 aliphatic rings. The number of alkyl halides is 6. The zero-order valence-corrected chi connectivity index (χ0v) is 20.9. The van der Waals surface area contributed by atoms with Gasteiger partial charge in [-0.05, 0) is 49.6 Å². The van der Waals surface area contributed by atoms with Crippen molar-refractivity contribution < 1.29 is 53.4 Å². The molecule has 4 rings (SSSR count). The predicted octanol–water partition coefficient (Wildman–Crippen LogP) is 6.69. The third kappa shape index (κ3) is 5.24. The van der Waals surface area contributed by atoms with E-state index in [0.29, 0.717) is 12.1 Å². The minimum atomic E-state index is -5.09. The summed E-state index contributed by atoms with van der Waals surface area (Å²) in [5, 5.41) is 8.38. The molecule has 0 radical (unpaired) electrons. The first-order valence-electron chi connectivity index (χ1n) is 11.3. The lowest BCUT2D eigenvalue weighted by Crippen LogP contribution is -2.48. The molecule has 1 aromatic heterocycles. The molecule has 0 aliphatic heterocycles. The molecule has 0 saturated heterocycles. The fourth-order valence-corrected chi connectivity index (χ4v) is 4.73. The number of rotatable bonds is 6. The van der Waals surface area contributed by atoms with Crippen LogP contribution in [-0.2, 0) is 22.7 Å². The number of ether oxygens (including phenoxy) is 1. The van der Waals surface area contributed by atoms with Gasteiger partial charge in [-0.2, -0.15) is 30.7 Å². The molecule has 1 saturated carbocycles. The van der Waals surface area contributed by atoms with Crippen molar-refractivity contribution in [1.29, 1.82) is 0 Å². The number of carbonyl (C=O) groups excluding carboxylic acids is 1. The fourth-order valence-electron chi connectivity index (χ4n) is 4.30. The minimum Gasteiger partial charge on any atom is -0.434 e. The molecule has 2 N–H and O–H groups in total. The number of nitrogens with zero attached hydrogens (tertiary/aromatic N) is 2. The van der Waals surface area contributed by atoms with Gasteiger partial charge in [-0.1, -0.05) is 18.6 Å². The Hall–Kier alpha value is -3.66.